The maximum Gasteiger partial charge on any atom is -0.00114 e. The van der Waals surface area contributed by atoms with Crippen molar-refractivity contribution >= 4 is 0 Å². The van der Waals surface area contributed by atoms with Crippen molar-refractivity contribution in [3.63, 3.8) is 0 Å². The van der Waals surface area contributed by atoms with E-state index in [1.54, 1.807) is 5.56 Å². The van der Waals surface area contributed by atoms with E-state index in [0.29, 0.717) is 0 Å². The zero-order valence-corrected chi connectivity index (χ0v) is 10.1. The lowest BCUT2D eigenvalue weighted by atomic mass is 9.71. The van der Waals surface area contributed by atoms with Gasteiger partial charge in [0, 0.05) is 0 Å². The van der Waals surface area contributed by atoms with Crippen LogP contribution >= 0.6 is 0 Å². The van der Waals surface area contributed by atoms with Gasteiger partial charge in [0.05, 0.1) is 0 Å². The van der Waals surface area contributed by atoms with Crippen LogP contribution in [-0.2, 0) is 0 Å². The van der Waals surface area contributed by atoms with Crippen molar-refractivity contribution in [2.75, 3.05) is 13.1 Å². The molecule has 1 N–H and O–H groups in total. The summed E-state index contributed by atoms with van der Waals surface area (Å²) >= 11 is 0. The molecule has 1 aliphatic carbocycles. The minimum absolute atomic E-state index is 0.814. The molecule has 3 unspecified atom stereocenters. The first kappa shape index (κ1) is 10.3. The van der Waals surface area contributed by atoms with Gasteiger partial charge in [-0.05, 0) is 56.2 Å². The predicted molar refractivity (Wildman–Crippen MR) is 67.6 cm³/mol. The summed E-state index contributed by atoms with van der Waals surface area (Å²) in [4.78, 5) is 0. The maximum absolute atomic E-state index is 3.58. The molecule has 1 aliphatic heterocycles. The summed E-state index contributed by atoms with van der Waals surface area (Å²) in [6, 6.07) is 9.15. The van der Waals surface area contributed by atoms with Crippen molar-refractivity contribution in [1.29, 1.82) is 0 Å². The fourth-order valence-corrected chi connectivity index (χ4v) is 3.67. The van der Waals surface area contributed by atoms with Gasteiger partial charge in [0.2, 0.25) is 0 Å². The molecule has 1 heteroatoms. The highest BCUT2D eigenvalue weighted by Crippen LogP contribution is 2.42. The van der Waals surface area contributed by atoms with Crippen molar-refractivity contribution in [3.8, 4) is 0 Å². The fourth-order valence-electron chi connectivity index (χ4n) is 3.67. The van der Waals surface area contributed by atoms with E-state index in [9.17, 15) is 0 Å². The summed E-state index contributed by atoms with van der Waals surface area (Å²) in [6.07, 6.45) is 4.26. The normalized spacial score (nSPS) is 33.7. The molecule has 0 amide bonds. The Morgan fingerprint density at radius 2 is 2.12 bits per heavy atom. The van der Waals surface area contributed by atoms with E-state index in [0.717, 1.165) is 17.8 Å². The molecule has 0 radical (unpaired) electrons. The van der Waals surface area contributed by atoms with Gasteiger partial charge >= 0.3 is 0 Å². The second kappa shape index (κ2) is 4.21. The molecule has 0 aromatic heterocycles. The molecule has 1 saturated carbocycles. The lowest BCUT2D eigenvalue weighted by Gasteiger charge is -2.33. The van der Waals surface area contributed by atoms with Gasteiger partial charge in [-0.2, -0.15) is 0 Å². The zero-order chi connectivity index (χ0) is 11.0. The number of hydrogen-bond donors (Lipinski definition) is 1. The van der Waals surface area contributed by atoms with Crippen LogP contribution in [0, 0.1) is 18.8 Å². The molecule has 86 valence electrons. The van der Waals surface area contributed by atoms with Gasteiger partial charge in [-0.3, -0.25) is 0 Å². The van der Waals surface area contributed by atoms with Gasteiger partial charge in [-0.25, -0.2) is 0 Å². The van der Waals surface area contributed by atoms with Crippen LogP contribution in [0.2, 0.25) is 0 Å². The standard InChI is InChI=1S/C15H21N/c1-11-4-2-5-12(8-11)14-7-3-6-13-9-16-10-15(13)14/h2,4-5,8,13-16H,3,6-7,9-10H2,1H3. The van der Waals surface area contributed by atoms with Crippen LogP contribution in [-0.4, -0.2) is 13.1 Å². The molecular weight excluding hydrogens is 194 g/mol. The fraction of sp³-hybridized carbons (Fsp3) is 0.600. The van der Waals surface area contributed by atoms with Gasteiger partial charge in [-0.1, -0.05) is 36.2 Å². The second-order valence-electron chi connectivity index (χ2n) is 5.53. The van der Waals surface area contributed by atoms with Crippen molar-refractivity contribution in [1.82, 2.24) is 5.32 Å². The Balaban J connectivity index is 1.88. The van der Waals surface area contributed by atoms with Crippen LogP contribution in [0.25, 0.3) is 0 Å². The average Bonchev–Trinajstić information content (AvgIpc) is 2.76. The Bertz CT molecular complexity index is 371. The smallest absolute Gasteiger partial charge is 0.00114 e. The quantitative estimate of drug-likeness (QED) is 0.759. The van der Waals surface area contributed by atoms with Crippen molar-refractivity contribution in [2.24, 2.45) is 11.8 Å². The number of rotatable bonds is 1. The summed E-state index contributed by atoms with van der Waals surface area (Å²) in [5, 5.41) is 3.58. The van der Waals surface area contributed by atoms with Gasteiger partial charge in [0.1, 0.15) is 0 Å². The number of aryl methyl sites for hydroxylation is 1. The highest BCUT2D eigenvalue weighted by molar-refractivity contribution is 5.27. The molecule has 0 spiro atoms. The molecule has 3 rings (SSSR count). The minimum atomic E-state index is 0.814. The lowest BCUT2D eigenvalue weighted by molar-refractivity contribution is 0.258. The lowest BCUT2D eigenvalue weighted by Crippen LogP contribution is -2.25. The molecule has 1 heterocycles. The van der Waals surface area contributed by atoms with Crippen LogP contribution in [0.3, 0.4) is 0 Å². The third-order valence-corrected chi connectivity index (χ3v) is 4.47. The highest BCUT2D eigenvalue weighted by Gasteiger charge is 2.36. The molecule has 2 aliphatic rings. The van der Waals surface area contributed by atoms with Crippen molar-refractivity contribution in [2.45, 2.75) is 32.1 Å². The molecule has 16 heavy (non-hydrogen) atoms. The van der Waals surface area contributed by atoms with Crippen LogP contribution in [0.5, 0.6) is 0 Å². The summed E-state index contributed by atoms with van der Waals surface area (Å²) in [7, 11) is 0. The summed E-state index contributed by atoms with van der Waals surface area (Å²) in [5.74, 6) is 2.66. The third-order valence-electron chi connectivity index (χ3n) is 4.47. The van der Waals surface area contributed by atoms with E-state index in [2.05, 4.69) is 36.5 Å². The molecule has 1 aromatic carbocycles. The molecule has 2 fully saturated rings. The Morgan fingerprint density at radius 3 is 3.00 bits per heavy atom. The van der Waals surface area contributed by atoms with Gasteiger partial charge in [0.25, 0.3) is 0 Å². The zero-order valence-electron chi connectivity index (χ0n) is 10.1. The summed E-state index contributed by atoms with van der Waals surface area (Å²) in [5.41, 5.74) is 2.99. The van der Waals surface area contributed by atoms with Crippen molar-refractivity contribution < 1.29 is 0 Å². The number of benzene rings is 1. The molecule has 1 saturated heterocycles. The monoisotopic (exact) mass is 215 g/mol. The first-order valence-corrected chi connectivity index (χ1v) is 6.62. The summed E-state index contributed by atoms with van der Waals surface area (Å²) in [6.45, 7) is 4.70. The Hall–Kier alpha value is -0.820. The van der Waals surface area contributed by atoms with E-state index >= 15 is 0 Å². The topological polar surface area (TPSA) is 12.0 Å². The van der Waals surface area contributed by atoms with E-state index in [1.807, 2.05) is 0 Å². The SMILES string of the molecule is Cc1cccc(C2CCCC3CNCC32)c1. The Kier molecular flexibility index (Phi) is 2.72. The van der Waals surface area contributed by atoms with E-state index in [4.69, 9.17) is 0 Å². The molecule has 0 bridgehead atoms. The second-order valence-corrected chi connectivity index (χ2v) is 5.53. The van der Waals surface area contributed by atoms with Crippen LogP contribution < -0.4 is 5.32 Å². The predicted octanol–water partition coefficient (Wildman–Crippen LogP) is 3.10. The number of hydrogen-bond acceptors (Lipinski definition) is 1. The Morgan fingerprint density at radius 1 is 1.19 bits per heavy atom. The van der Waals surface area contributed by atoms with Crippen LogP contribution in [0.15, 0.2) is 24.3 Å². The Labute approximate surface area is 98.3 Å². The minimum Gasteiger partial charge on any atom is -0.316 e. The average molecular weight is 215 g/mol. The third kappa shape index (κ3) is 1.78. The van der Waals surface area contributed by atoms with Crippen LogP contribution in [0.1, 0.15) is 36.3 Å². The largest absolute Gasteiger partial charge is 0.316 e. The van der Waals surface area contributed by atoms with E-state index in [1.165, 1.54) is 37.9 Å². The van der Waals surface area contributed by atoms with E-state index in [-0.39, 0.29) is 0 Å². The first-order valence-electron chi connectivity index (χ1n) is 6.62. The molecule has 1 nitrogen and oxygen atoms in total. The van der Waals surface area contributed by atoms with Gasteiger partial charge in [0.15, 0.2) is 0 Å². The molecule has 3 atom stereocenters. The number of fused-ring (bicyclic) bond motifs is 1. The summed E-state index contributed by atoms with van der Waals surface area (Å²) < 4.78 is 0. The van der Waals surface area contributed by atoms with Crippen molar-refractivity contribution in [3.05, 3.63) is 35.4 Å². The first-order chi connectivity index (χ1) is 7.84. The molecule has 1 aromatic rings. The molecular formula is C15H21N. The van der Waals surface area contributed by atoms with Crippen LogP contribution in [0.4, 0.5) is 0 Å². The van der Waals surface area contributed by atoms with E-state index < -0.39 is 0 Å². The number of nitrogens with one attached hydrogen (secondary N) is 1. The maximum atomic E-state index is 3.58. The van der Waals surface area contributed by atoms with Gasteiger partial charge in [-0.15, -0.1) is 0 Å². The highest BCUT2D eigenvalue weighted by atomic mass is 14.9. The van der Waals surface area contributed by atoms with Gasteiger partial charge < -0.3 is 5.32 Å².